The summed E-state index contributed by atoms with van der Waals surface area (Å²) in [5.41, 5.74) is 5.10. The maximum atomic E-state index is 12.1. The lowest BCUT2D eigenvalue weighted by molar-refractivity contribution is 0.248. The van der Waals surface area contributed by atoms with Crippen molar-refractivity contribution in [2.24, 2.45) is 0 Å². The van der Waals surface area contributed by atoms with Gasteiger partial charge in [0, 0.05) is 11.7 Å². The quantitative estimate of drug-likeness (QED) is 0.876. The van der Waals surface area contributed by atoms with Crippen molar-refractivity contribution in [2.45, 2.75) is 36.6 Å². The number of sulfonamides is 1. The zero-order chi connectivity index (χ0) is 12.7. The number of nitrogens with zero attached hydrogens (tertiary/aromatic N) is 1. The van der Waals surface area contributed by atoms with Crippen LogP contribution in [0, 0.1) is 0 Å². The van der Waals surface area contributed by atoms with Gasteiger partial charge in [0.2, 0.25) is 10.0 Å². The van der Waals surface area contributed by atoms with Gasteiger partial charge in [-0.3, -0.25) is 0 Å². The highest BCUT2D eigenvalue weighted by molar-refractivity contribution is 7.89. The van der Waals surface area contributed by atoms with Crippen molar-refractivity contribution < 1.29 is 8.42 Å². The van der Waals surface area contributed by atoms with Crippen LogP contribution >= 0.6 is 11.6 Å². The molecule has 7 heteroatoms. The van der Waals surface area contributed by atoms with E-state index in [-0.39, 0.29) is 21.3 Å². The van der Waals surface area contributed by atoms with Crippen LogP contribution in [0.3, 0.4) is 0 Å². The van der Waals surface area contributed by atoms with E-state index in [1.807, 2.05) is 6.92 Å². The number of nitrogens with one attached hydrogen (secondary N) is 1. The van der Waals surface area contributed by atoms with Gasteiger partial charge in [-0.25, -0.2) is 18.1 Å². The first-order valence-electron chi connectivity index (χ1n) is 5.27. The molecular weight excluding hydrogens is 262 g/mol. The third-order valence-electron chi connectivity index (χ3n) is 2.99. The minimum atomic E-state index is -3.57. The van der Waals surface area contributed by atoms with E-state index in [9.17, 15) is 8.42 Å². The minimum absolute atomic E-state index is 0.0461. The predicted octanol–water partition coefficient (Wildman–Crippen LogP) is 1.54. The zero-order valence-corrected chi connectivity index (χ0v) is 11.0. The highest BCUT2D eigenvalue weighted by Gasteiger charge is 2.36. The molecule has 0 spiro atoms. The molecular formula is C10H14ClN3O2S. The van der Waals surface area contributed by atoms with Crippen molar-refractivity contribution >= 4 is 27.4 Å². The number of halogens is 1. The number of rotatable bonds is 3. The molecule has 0 aromatic carbocycles. The Morgan fingerprint density at radius 2 is 2.18 bits per heavy atom. The number of hydrogen-bond acceptors (Lipinski definition) is 4. The van der Waals surface area contributed by atoms with Gasteiger partial charge in [-0.1, -0.05) is 11.6 Å². The summed E-state index contributed by atoms with van der Waals surface area (Å²) in [7, 11) is -3.57. The molecule has 0 bridgehead atoms. The van der Waals surface area contributed by atoms with Gasteiger partial charge in [-0.15, -0.1) is 0 Å². The highest BCUT2D eigenvalue weighted by Crippen LogP contribution is 2.32. The lowest BCUT2D eigenvalue weighted by Gasteiger charge is -2.38. The second kappa shape index (κ2) is 4.12. The van der Waals surface area contributed by atoms with Gasteiger partial charge in [0.25, 0.3) is 0 Å². The molecule has 94 valence electrons. The summed E-state index contributed by atoms with van der Waals surface area (Å²) in [5.74, 6) is 0.125. The second-order valence-corrected chi connectivity index (χ2v) is 6.65. The topological polar surface area (TPSA) is 85.1 Å². The Kier molecular flexibility index (Phi) is 3.05. The maximum Gasteiger partial charge on any atom is 0.242 e. The summed E-state index contributed by atoms with van der Waals surface area (Å²) >= 11 is 5.76. The first-order chi connectivity index (χ1) is 7.82. The lowest BCUT2D eigenvalue weighted by atomic mass is 9.80. The Balaban J connectivity index is 2.28. The van der Waals surface area contributed by atoms with Crippen LogP contribution in [0.2, 0.25) is 5.02 Å². The number of aromatic nitrogens is 1. The summed E-state index contributed by atoms with van der Waals surface area (Å²) in [6.45, 7) is 1.89. The van der Waals surface area contributed by atoms with Gasteiger partial charge in [-0.05, 0) is 32.3 Å². The van der Waals surface area contributed by atoms with Crippen molar-refractivity contribution in [1.82, 2.24) is 9.71 Å². The average molecular weight is 276 g/mol. The molecule has 1 aliphatic carbocycles. The Morgan fingerprint density at radius 1 is 1.53 bits per heavy atom. The molecule has 0 saturated heterocycles. The van der Waals surface area contributed by atoms with Crippen LogP contribution in [0.25, 0.3) is 0 Å². The molecule has 0 amide bonds. The normalized spacial score (nSPS) is 18.7. The van der Waals surface area contributed by atoms with E-state index in [1.165, 1.54) is 12.3 Å². The van der Waals surface area contributed by atoms with E-state index in [0.717, 1.165) is 19.3 Å². The molecule has 1 aromatic heterocycles. The largest absolute Gasteiger partial charge is 0.382 e. The molecule has 5 nitrogen and oxygen atoms in total. The number of nitrogen functional groups attached to an aromatic ring is 1. The monoisotopic (exact) mass is 275 g/mol. The molecule has 1 heterocycles. The number of anilines is 1. The van der Waals surface area contributed by atoms with Crippen LogP contribution < -0.4 is 10.5 Å². The van der Waals surface area contributed by atoms with E-state index < -0.39 is 10.0 Å². The Labute approximate surface area is 105 Å². The van der Waals surface area contributed by atoms with Gasteiger partial charge in [0.15, 0.2) is 0 Å². The van der Waals surface area contributed by atoms with Crippen molar-refractivity contribution in [3.8, 4) is 0 Å². The SMILES string of the molecule is CC1(NS(=O)(=O)c2cnc(N)c(Cl)c2)CCC1. The van der Waals surface area contributed by atoms with Gasteiger partial charge < -0.3 is 5.73 Å². The zero-order valence-electron chi connectivity index (χ0n) is 9.40. The Hall–Kier alpha value is -0.850. The fourth-order valence-electron chi connectivity index (χ4n) is 1.77. The molecule has 0 unspecified atom stereocenters. The lowest BCUT2D eigenvalue weighted by Crippen LogP contribution is -2.50. The molecule has 2 rings (SSSR count). The average Bonchev–Trinajstić information content (AvgIpc) is 2.19. The number of hydrogen-bond donors (Lipinski definition) is 2. The van der Waals surface area contributed by atoms with Crippen LogP contribution in [0.5, 0.6) is 0 Å². The van der Waals surface area contributed by atoms with Crippen LogP contribution in [0.15, 0.2) is 17.2 Å². The number of nitrogens with two attached hydrogens (primary N) is 1. The van der Waals surface area contributed by atoms with Crippen molar-refractivity contribution in [3.63, 3.8) is 0 Å². The van der Waals surface area contributed by atoms with E-state index in [4.69, 9.17) is 17.3 Å². The summed E-state index contributed by atoms with van der Waals surface area (Å²) in [5, 5.41) is 0.145. The van der Waals surface area contributed by atoms with Crippen molar-refractivity contribution in [3.05, 3.63) is 17.3 Å². The van der Waals surface area contributed by atoms with Gasteiger partial charge in [0.05, 0.1) is 5.02 Å². The predicted molar refractivity (Wildman–Crippen MR) is 66.2 cm³/mol. The van der Waals surface area contributed by atoms with E-state index >= 15 is 0 Å². The van der Waals surface area contributed by atoms with Gasteiger partial charge in [-0.2, -0.15) is 0 Å². The molecule has 1 aliphatic rings. The molecule has 0 aliphatic heterocycles. The third kappa shape index (κ3) is 2.53. The summed E-state index contributed by atoms with van der Waals surface area (Å²) in [4.78, 5) is 3.79. The molecule has 1 saturated carbocycles. The molecule has 0 radical (unpaired) electrons. The molecule has 1 aromatic rings. The second-order valence-electron chi connectivity index (χ2n) is 4.56. The van der Waals surface area contributed by atoms with Gasteiger partial charge >= 0.3 is 0 Å². The van der Waals surface area contributed by atoms with Crippen LogP contribution in [0.4, 0.5) is 5.82 Å². The Morgan fingerprint density at radius 3 is 2.65 bits per heavy atom. The van der Waals surface area contributed by atoms with E-state index in [0.29, 0.717) is 0 Å². The molecule has 1 fully saturated rings. The first-order valence-corrected chi connectivity index (χ1v) is 7.14. The van der Waals surface area contributed by atoms with Crippen molar-refractivity contribution in [2.75, 3.05) is 5.73 Å². The van der Waals surface area contributed by atoms with Gasteiger partial charge in [0.1, 0.15) is 10.7 Å². The summed E-state index contributed by atoms with van der Waals surface area (Å²) in [6.07, 6.45) is 3.95. The standard InChI is InChI=1S/C10H14ClN3O2S/c1-10(3-2-4-10)14-17(15,16)7-5-8(11)9(12)13-6-7/h5-6,14H,2-4H2,1H3,(H2,12,13). The number of pyridine rings is 1. The first kappa shape index (κ1) is 12.6. The summed E-state index contributed by atoms with van der Waals surface area (Å²) in [6, 6.07) is 1.31. The van der Waals surface area contributed by atoms with E-state index in [1.54, 1.807) is 0 Å². The minimum Gasteiger partial charge on any atom is -0.382 e. The summed E-state index contributed by atoms with van der Waals surface area (Å²) < 4.78 is 26.8. The van der Waals surface area contributed by atoms with E-state index in [2.05, 4.69) is 9.71 Å². The van der Waals surface area contributed by atoms with Crippen molar-refractivity contribution in [1.29, 1.82) is 0 Å². The molecule has 3 N–H and O–H groups in total. The van der Waals surface area contributed by atoms with Crippen LogP contribution in [0.1, 0.15) is 26.2 Å². The van der Waals surface area contributed by atoms with Crippen LogP contribution in [-0.2, 0) is 10.0 Å². The Bertz CT molecular complexity index is 540. The third-order valence-corrected chi connectivity index (χ3v) is 4.90. The fraction of sp³-hybridized carbons (Fsp3) is 0.500. The highest BCUT2D eigenvalue weighted by atomic mass is 35.5. The smallest absolute Gasteiger partial charge is 0.242 e. The van der Waals surface area contributed by atoms with Crippen LogP contribution in [-0.4, -0.2) is 18.9 Å². The molecule has 17 heavy (non-hydrogen) atoms. The fourth-order valence-corrected chi connectivity index (χ4v) is 3.44. The molecule has 0 atom stereocenters. The maximum absolute atomic E-state index is 12.1.